The van der Waals surface area contributed by atoms with Crippen molar-refractivity contribution in [1.82, 2.24) is 20.2 Å². The molecule has 0 aliphatic carbocycles. The molecule has 5 nitrogen and oxygen atoms in total. The van der Waals surface area contributed by atoms with Crippen LogP contribution in [0.2, 0.25) is 0 Å². The Balaban J connectivity index is 1.46. The van der Waals surface area contributed by atoms with Crippen LogP contribution in [0.4, 0.5) is 0 Å². The molecule has 1 aromatic carbocycles. The van der Waals surface area contributed by atoms with Gasteiger partial charge in [-0.15, -0.1) is 0 Å². The highest BCUT2D eigenvalue weighted by atomic mass is 16.1. The molecule has 1 aliphatic rings. The summed E-state index contributed by atoms with van der Waals surface area (Å²) in [6, 6.07) is 10.7. The Morgan fingerprint density at radius 2 is 2.08 bits per heavy atom. The summed E-state index contributed by atoms with van der Waals surface area (Å²) in [6.45, 7) is 5.08. The fourth-order valence-corrected chi connectivity index (χ4v) is 3.21. The number of nitrogens with zero attached hydrogens (tertiary/aromatic N) is 3. The Labute approximate surface area is 143 Å². The average Bonchev–Trinajstić information content (AvgIpc) is 2.94. The number of nitrogens with one attached hydrogen (secondary N) is 1. The highest BCUT2D eigenvalue weighted by Gasteiger charge is 2.30. The number of carbonyl (C=O) groups excluding carboxylic acids is 1. The van der Waals surface area contributed by atoms with Gasteiger partial charge in [-0.25, -0.2) is 0 Å². The molecule has 24 heavy (non-hydrogen) atoms. The molecule has 0 bridgehead atoms. The van der Waals surface area contributed by atoms with Crippen molar-refractivity contribution in [2.45, 2.75) is 32.4 Å². The Kier molecular flexibility index (Phi) is 5.54. The van der Waals surface area contributed by atoms with Gasteiger partial charge in [0, 0.05) is 50.7 Å². The number of amides is 1. The lowest BCUT2D eigenvalue weighted by atomic mass is 10.1. The maximum absolute atomic E-state index is 12.2. The van der Waals surface area contributed by atoms with E-state index >= 15 is 0 Å². The van der Waals surface area contributed by atoms with Crippen molar-refractivity contribution in [3.8, 4) is 0 Å². The van der Waals surface area contributed by atoms with Crippen molar-refractivity contribution in [1.29, 1.82) is 0 Å². The van der Waals surface area contributed by atoms with E-state index in [1.807, 2.05) is 6.07 Å². The second kappa shape index (κ2) is 8.02. The molecule has 2 aromatic rings. The number of carbonyl (C=O) groups is 1. The highest BCUT2D eigenvalue weighted by Crippen LogP contribution is 2.19. The first-order valence-corrected chi connectivity index (χ1v) is 8.51. The van der Waals surface area contributed by atoms with Gasteiger partial charge in [-0.1, -0.05) is 37.3 Å². The lowest BCUT2D eigenvalue weighted by molar-refractivity contribution is -0.121. The van der Waals surface area contributed by atoms with Crippen molar-refractivity contribution in [2.24, 2.45) is 5.92 Å². The van der Waals surface area contributed by atoms with Crippen LogP contribution < -0.4 is 5.32 Å². The van der Waals surface area contributed by atoms with Gasteiger partial charge in [0.15, 0.2) is 0 Å². The van der Waals surface area contributed by atoms with Gasteiger partial charge >= 0.3 is 0 Å². The minimum Gasteiger partial charge on any atom is -0.352 e. The molecule has 0 radical (unpaired) electrons. The van der Waals surface area contributed by atoms with Crippen LogP contribution in [0.1, 0.15) is 24.6 Å². The van der Waals surface area contributed by atoms with Crippen LogP contribution in [0.25, 0.3) is 0 Å². The normalized spacial score (nSPS) is 20.9. The quantitative estimate of drug-likeness (QED) is 0.883. The fraction of sp³-hybridized carbons (Fsp3) is 0.421. The summed E-state index contributed by atoms with van der Waals surface area (Å²) in [5.74, 6) is 0.563. The maximum Gasteiger partial charge on any atom is 0.220 e. The molecule has 1 saturated heterocycles. The molecule has 1 aromatic heterocycles. The number of likely N-dealkylation sites (tertiary alicyclic amines) is 1. The summed E-state index contributed by atoms with van der Waals surface area (Å²) in [5.41, 5.74) is 2.18. The van der Waals surface area contributed by atoms with Crippen LogP contribution >= 0.6 is 0 Å². The molecule has 1 amide bonds. The van der Waals surface area contributed by atoms with Crippen molar-refractivity contribution in [3.63, 3.8) is 0 Å². The van der Waals surface area contributed by atoms with Gasteiger partial charge in [0.1, 0.15) is 0 Å². The van der Waals surface area contributed by atoms with Gasteiger partial charge < -0.3 is 5.32 Å². The van der Waals surface area contributed by atoms with Crippen molar-refractivity contribution >= 4 is 5.91 Å². The molecule has 0 saturated carbocycles. The van der Waals surface area contributed by atoms with Crippen LogP contribution in [0, 0.1) is 5.92 Å². The van der Waals surface area contributed by atoms with Crippen LogP contribution in [0.5, 0.6) is 0 Å². The van der Waals surface area contributed by atoms with E-state index in [0.29, 0.717) is 18.8 Å². The highest BCUT2D eigenvalue weighted by molar-refractivity contribution is 5.76. The summed E-state index contributed by atoms with van der Waals surface area (Å²) in [7, 11) is 0. The Hall–Kier alpha value is -2.27. The summed E-state index contributed by atoms with van der Waals surface area (Å²) in [6.07, 6.45) is 6.11. The lowest BCUT2D eigenvalue weighted by Crippen LogP contribution is -2.39. The fourth-order valence-electron chi connectivity index (χ4n) is 3.21. The molecular weight excluding hydrogens is 300 g/mol. The minimum atomic E-state index is 0.0964. The van der Waals surface area contributed by atoms with Crippen molar-refractivity contribution in [2.75, 3.05) is 13.1 Å². The zero-order valence-electron chi connectivity index (χ0n) is 14.1. The van der Waals surface area contributed by atoms with Crippen LogP contribution in [-0.4, -0.2) is 39.9 Å². The third kappa shape index (κ3) is 4.61. The summed E-state index contributed by atoms with van der Waals surface area (Å²) in [5, 5.41) is 3.19. The molecule has 2 heterocycles. The predicted octanol–water partition coefficient (Wildman–Crippen LogP) is 2.05. The molecule has 0 spiro atoms. The minimum absolute atomic E-state index is 0.0964. The Bertz CT molecular complexity index is 647. The van der Waals surface area contributed by atoms with E-state index < -0.39 is 0 Å². The van der Waals surface area contributed by atoms with Gasteiger partial charge in [-0.3, -0.25) is 19.7 Å². The molecule has 0 unspecified atom stereocenters. The molecule has 126 valence electrons. The lowest BCUT2D eigenvalue weighted by Gasteiger charge is -2.17. The third-order valence-corrected chi connectivity index (χ3v) is 4.51. The largest absolute Gasteiger partial charge is 0.352 e. The van der Waals surface area contributed by atoms with E-state index in [-0.39, 0.29) is 11.9 Å². The van der Waals surface area contributed by atoms with E-state index in [1.165, 1.54) is 5.56 Å². The first kappa shape index (κ1) is 16.6. The first-order chi connectivity index (χ1) is 11.7. The smallest absolute Gasteiger partial charge is 0.220 e. The standard InChI is InChI=1S/C19H24N4O/c1-15-12-23(13-16-5-3-2-4-6-16)14-18(15)22-19(24)8-7-17-11-20-9-10-21-17/h2-6,9-11,15,18H,7-8,12-14H2,1H3,(H,22,24)/t15-,18-/m1/s1. The number of aryl methyl sites for hydroxylation is 1. The number of benzene rings is 1. The topological polar surface area (TPSA) is 58.1 Å². The van der Waals surface area contributed by atoms with Gasteiger partial charge in [0.25, 0.3) is 0 Å². The average molecular weight is 324 g/mol. The first-order valence-electron chi connectivity index (χ1n) is 8.51. The Morgan fingerprint density at radius 1 is 1.25 bits per heavy atom. The SMILES string of the molecule is C[C@@H]1CN(Cc2ccccc2)C[C@H]1NC(=O)CCc1cnccn1. The van der Waals surface area contributed by atoms with E-state index in [1.54, 1.807) is 18.6 Å². The monoisotopic (exact) mass is 324 g/mol. The van der Waals surface area contributed by atoms with E-state index in [2.05, 4.69) is 51.4 Å². The molecule has 1 fully saturated rings. The Morgan fingerprint density at radius 3 is 2.83 bits per heavy atom. The third-order valence-electron chi connectivity index (χ3n) is 4.51. The van der Waals surface area contributed by atoms with Crippen molar-refractivity contribution in [3.05, 3.63) is 60.2 Å². The summed E-state index contributed by atoms with van der Waals surface area (Å²) < 4.78 is 0. The molecule has 3 rings (SSSR count). The van der Waals surface area contributed by atoms with Gasteiger partial charge in [-0.05, 0) is 17.9 Å². The van der Waals surface area contributed by atoms with Gasteiger partial charge in [0.05, 0.1) is 5.69 Å². The van der Waals surface area contributed by atoms with E-state index in [4.69, 9.17) is 0 Å². The summed E-state index contributed by atoms with van der Waals surface area (Å²) >= 11 is 0. The molecule has 1 aliphatic heterocycles. The number of aromatic nitrogens is 2. The molecule has 5 heteroatoms. The molecule has 2 atom stereocenters. The van der Waals surface area contributed by atoms with Crippen LogP contribution in [-0.2, 0) is 17.8 Å². The molecular formula is C19H24N4O. The molecule has 1 N–H and O–H groups in total. The zero-order valence-corrected chi connectivity index (χ0v) is 14.1. The van der Waals surface area contributed by atoms with Crippen LogP contribution in [0.15, 0.2) is 48.9 Å². The number of rotatable bonds is 6. The second-order valence-corrected chi connectivity index (χ2v) is 6.53. The predicted molar refractivity (Wildman–Crippen MR) is 93.2 cm³/mol. The maximum atomic E-state index is 12.2. The number of hydrogen-bond acceptors (Lipinski definition) is 4. The number of hydrogen-bond donors (Lipinski definition) is 1. The van der Waals surface area contributed by atoms with Crippen molar-refractivity contribution < 1.29 is 4.79 Å². The van der Waals surface area contributed by atoms with Gasteiger partial charge in [-0.2, -0.15) is 0 Å². The zero-order chi connectivity index (χ0) is 16.8. The second-order valence-electron chi connectivity index (χ2n) is 6.53. The van der Waals surface area contributed by atoms with Gasteiger partial charge in [0.2, 0.25) is 5.91 Å². The summed E-state index contributed by atoms with van der Waals surface area (Å²) in [4.78, 5) is 22.8. The van der Waals surface area contributed by atoms with E-state index in [9.17, 15) is 4.79 Å². The van der Waals surface area contributed by atoms with Crippen LogP contribution in [0.3, 0.4) is 0 Å². The van der Waals surface area contributed by atoms with E-state index in [0.717, 1.165) is 25.3 Å².